The average molecular weight is 324 g/mol. The van der Waals surface area contributed by atoms with Crippen molar-refractivity contribution >= 4 is 15.9 Å². The Labute approximate surface area is 113 Å². The normalized spacial score (nSPS) is 12.8. The number of hydrogen-bond acceptors (Lipinski definition) is 3. The monoisotopic (exact) mass is 323 g/mol. The van der Waals surface area contributed by atoms with Crippen LogP contribution in [-0.4, -0.2) is 24.4 Å². The highest BCUT2D eigenvalue weighted by molar-refractivity contribution is 9.10. The molecule has 0 radical (unpaired) electrons. The van der Waals surface area contributed by atoms with Crippen LogP contribution >= 0.6 is 15.9 Å². The number of ether oxygens (including phenoxy) is 1. The van der Waals surface area contributed by atoms with E-state index in [0.29, 0.717) is 17.7 Å². The van der Waals surface area contributed by atoms with Crippen molar-refractivity contribution in [2.45, 2.75) is 33.0 Å². The molecule has 0 aliphatic rings. The molecule has 2 N–H and O–H groups in total. The summed E-state index contributed by atoms with van der Waals surface area (Å²) in [6, 6.07) is 3.34. The minimum atomic E-state index is -2.85. The van der Waals surface area contributed by atoms with Gasteiger partial charge < -0.3 is 15.2 Å². The fourth-order valence-electron chi connectivity index (χ4n) is 1.54. The van der Waals surface area contributed by atoms with E-state index in [4.69, 9.17) is 5.11 Å². The van der Waals surface area contributed by atoms with E-state index in [2.05, 4.69) is 26.0 Å². The second kappa shape index (κ2) is 7.01. The molecule has 0 spiro atoms. The zero-order valence-electron chi connectivity index (χ0n) is 10.2. The van der Waals surface area contributed by atoms with Gasteiger partial charge in [-0.2, -0.15) is 8.78 Å². The van der Waals surface area contributed by atoms with Gasteiger partial charge in [0, 0.05) is 22.6 Å². The standard InChI is InChI=1S/C12H16BrF2NO2/c1-7-3-10(13)4-9(5-16-8(2)6-17)11(7)18-12(14)15/h3-4,8,12,16-17H,5-6H2,1-2H3/t8-/m1/s1. The molecule has 0 heterocycles. The van der Waals surface area contributed by atoms with Crippen LogP contribution in [0.25, 0.3) is 0 Å². The van der Waals surface area contributed by atoms with Crippen LogP contribution in [0.5, 0.6) is 5.75 Å². The van der Waals surface area contributed by atoms with Gasteiger partial charge in [-0.05, 0) is 31.5 Å². The van der Waals surface area contributed by atoms with E-state index in [1.807, 2.05) is 0 Å². The van der Waals surface area contributed by atoms with E-state index < -0.39 is 6.61 Å². The van der Waals surface area contributed by atoms with Gasteiger partial charge in [0.2, 0.25) is 0 Å². The number of aliphatic hydroxyl groups excluding tert-OH is 1. The quantitative estimate of drug-likeness (QED) is 0.845. The topological polar surface area (TPSA) is 41.5 Å². The van der Waals surface area contributed by atoms with Gasteiger partial charge in [0.05, 0.1) is 6.61 Å². The van der Waals surface area contributed by atoms with Gasteiger partial charge in [-0.1, -0.05) is 15.9 Å². The van der Waals surface area contributed by atoms with Gasteiger partial charge in [0.15, 0.2) is 0 Å². The van der Waals surface area contributed by atoms with Gasteiger partial charge >= 0.3 is 6.61 Å². The van der Waals surface area contributed by atoms with E-state index in [0.717, 1.165) is 4.47 Å². The summed E-state index contributed by atoms with van der Waals surface area (Å²) >= 11 is 3.32. The van der Waals surface area contributed by atoms with Crippen LogP contribution in [-0.2, 0) is 6.54 Å². The van der Waals surface area contributed by atoms with Crippen molar-refractivity contribution in [2.75, 3.05) is 6.61 Å². The summed E-state index contributed by atoms with van der Waals surface area (Å²) in [4.78, 5) is 0. The van der Waals surface area contributed by atoms with Crippen molar-refractivity contribution in [1.82, 2.24) is 5.32 Å². The van der Waals surface area contributed by atoms with Crippen LogP contribution in [0.4, 0.5) is 8.78 Å². The Morgan fingerprint density at radius 1 is 1.44 bits per heavy atom. The summed E-state index contributed by atoms with van der Waals surface area (Å²) in [5.41, 5.74) is 1.26. The molecule has 1 aromatic carbocycles. The van der Waals surface area contributed by atoms with Crippen LogP contribution in [0, 0.1) is 6.92 Å². The highest BCUT2D eigenvalue weighted by Crippen LogP contribution is 2.29. The predicted molar refractivity (Wildman–Crippen MR) is 68.9 cm³/mol. The Morgan fingerprint density at radius 3 is 2.67 bits per heavy atom. The number of aryl methyl sites for hydroxylation is 1. The number of nitrogens with one attached hydrogen (secondary N) is 1. The molecule has 0 aliphatic carbocycles. The molecule has 6 heteroatoms. The number of hydrogen-bond donors (Lipinski definition) is 2. The lowest BCUT2D eigenvalue weighted by Gasteiger charge is -2.16. The average Bonchev–Trinajstić information content (AvgIpc) is 2.29. The molecule has 0 bridgehead atoms. The van der Waals surface area contributed by atoms with Gasteiger partial charge in [0.1, 0.15) is 5.75 Å². The number of rotatable bonds is 6. The van der Waals surface area contributed by atoms with Crippen LogP contribution in [0.1, 0.15) is 18.1 Å². The van der Waals surface area contributed by atoms with E-state index >= 15 is 0 Å². The Bertz CT molecular complexity index is 402. The number of aliphatic hydroxyl groups is 1. The second-order valence-corrected chi connectivity index (χ2v) is 4.97. The molecule has 3 nitrogen and oxygen atoms in total. The fraction of sp³-hybridized carbons (Fsp3) is 0.500. The maximum absolute atomic E-state index is 12.4. The Balaban J connectivity index is 2.92. The van der Waals surface area contributed by atoms with E-state index in [1.54, 1.807) is 26.0 Å². The van der Waals surface area contributed by atoms with E-state index in [1.165, 1.54) is 0 Å². The summed E-state index contributed by atoms with van der Waals surface area (Å²) in [5.74, 6) is 0.186. The third-order valence-corrected chi connectivity index (χ3v) is 2.90. The molecular formula is C12H16BrF2NO2. The molecule has 0 saturated carbocycles. The molecule has 1 aromatic rings. The fourth-order valence-corrected chi connectivity index (χ4v) is 2.16. The lowest BCUT2D eigenvalue weighted by atomic mass is 10.1. The maximum atomic E-state index is 12.4. The maximum Gasteiger partial charge on any atom is 0.387 e. The van der Waals surface area contributed by atoms with Gasteiger partial charge in [-0.25, -0.2) is 0 Å². The third kappa shape index (κ3) is 4.51. The smallest absolute Gasteiger partial charge is 0.387 e. The predicted octanol–water partition coefficient (Wildman–Crippen LogP) is 2.83. The lowest BCUT2D eigenvalue weighted by Crippen LogP contribution is -2.29. The van der Waals surface area contributed by atoms with Crippen molar-refractivity contribution < 1.29 is 18.6 Å². The molecule has 1 rings (SSSR count). The summed E-state index contributed by atoms with van der Waals surface area (Å²) in [6.45, 7) is 1.00. The van der Waals surface area contributed by atoms with Crippen molar-refractivity contribution in [3.63, 3.8) is 0 Å². The Kier molecular flexibility index (Phi) is 5.98. The van der Waals surface area contributed by atoms with Crippen LogP contribution in [0.15, 0.2) is 16.6 Å². The van der Waals surface area contributed by atoms with Crippen LogP contribution < -0.4 is 10.1 Å². The molecule has 0 aromatic heterocycles. The molecule has 0 saturated heterocycles. The van der Waals surface area contributed by atoms with Gasteiger partial charge in [-0.3, -0.25) is 0 Å². The van der Waals surface area contributed by atoms with Crippen LogP contribution in [0.2, 0.25) is 0 Å². The van der Waals surface area contributed by atoms with Crippen LogP contribution in [0.3, 0.4) is 0 Å². The molecule has 0 unspecified atom stereocenters. The summed E-state index contributed by atoms with van der Waals surface area (Å²) < 4.78 is 30.0. The highest BCUT2D eigenvalue weighted by atomic mass is 79.9. The number of benzene rings is 1. The van der Waals surface area contributed by atoms with Crippen molar-refractivity contribution in [3.05, 3.63) is 27.7 Å². The molecule has 18 heavy (non-hydrogen) atoms. The van der Waals surface area contributed by atoms with Crippen molar-refractivity contribution in [1.29, 1.82) is 0 Å². The summed E-state index contributed by atoms with van der Waals surface area (Å²) in [6.07, 6.45) is 0. The Morgan fingerprint density at radius 2 is 2.11 bits per heavy atom. The Hall–Kier alpha value is -0.720. The molecule has 0 fully saturated rings. The van der Waals surface area contributed by atoms with Gasteiger partial charge in [-0.15, -0.1) is 0 Å². The number of halogens is 3. The molecule has 0 amide bonds. The minimum absolute atomic E-state index is 0.0159. The zero-order chi connectivity index (χ0) is 13.7. The molecular weight excluding hydrogens is 308 g/mol. The van der Waals surface area contributed by atoms with Gasteiger partial charge in [0.25, 0.3) is 0 Å². The third-order valence-electron chi connectivity index (χ3n) is 2.44. The largest absolute Gasteiger partial charge is 0.434 e. The van der Waals surface area contributed by atoms with Crippen molar-refractivity contribution in [3.8, 4) is 5.75 Å². The first-order valence-corrected chi connectivity index (χ1v) is 6.31. The van der Waals surface area contributed by atoms with E-state index in [-0.39, 0.29) is 18.4 Å². The first-order valence-electron chi connectivity index (χ1n) is 5.52. The highest BCUT2D eigenvalue weighted by Gasteiger charge is 2.14. The SMILES string of the molecule is Cc1cc(Br)cc(CN[C@H](C)CO)c1OC(F)F. The van der Waals surface area contributed by atoms with Crippen molar-refractivity contribution in [2.24, 2.45) is 0 Å². The first-order chi connectivity index (χ1) is 8.43. The lowest BCUT2D eigenvalue weighted by molar-refractivity contribution is -0.0509. The first kappa shape index (κ1) is 15.3. The second-order valence-electron chi connectivity index (χ2n) is 4.05. The summed E-state index contributed by atoms with van der Waals surface area (Å²) in [7, 11) is 0. The molecule has 0 aliphatic heterocycles. The van der Waals surface area contributed by atoms with E-state index in [9.17, 15) is 8.78 Å². The molecule has 102 valence electrons. The minimum Gasteiger partial charge on any atom is -0.434 e. The number of alkyl halides is 2. The zero-order valence-corrected chi connectivity index (χ0v) is 11.8. The summed E-state index contributed by atoms with van der Waals surface area (Å²) in [5, 5.41) is 11.9. The molecule has 1 atom stereocenters.